The van der Waals surface area contributed by atoms with Crippen LogP contribution in [0.4, 0.5) is 15.3 Å². The van der Waals surface area contributed by atoms with Crippen LogP contribution in [0.2, 0.25) is 0 Å². The Morgan fingerprint density at radius 3 is 2.12 bits per heavy atom. The number of hydrogen-bond acceptors (Lipinski definition) is 5. The second-order valence-corrected chi connectivity index (χ2v) is 16.5. The lowest BCUT2D eigenvalue weighted by Gasteiger charge is -2.42. The number of nitrogens with zero attached hydrogens (tertiary/aromatic N) is 4. The van der Waals surface area contributed by atoms with Crippen LogP contribution in [-0.4, -0.2) is 101 Å². The number of carbonyl (C=O) groups is 3. The van der Waals surface area contributed by atoms with Crippen LogP contribution in [-0.2, 0) is 17.8 Å². The van der Waals surface area contributed by atoms with Crippen molar-refractivity contribution in [3.05, 3.63) is 56.5 Å². The fourth-order valence-corrected chi connectivity index (χ4v) is 9.68. The number of para-hydroxylation sites is 1. The Kier molecular flexibility index (Phi) is 10.7. The fourth-order valence-electron chi connectivity index (χ4n) is 8.39. The number of nitrogens with one attached hydrogen (secondary N) is 2. The van der Waals surface area contributed by atoms with Gasteiger partial charge in [-0.2, -0.15) is 0 Å². The molecule has 10 nitrogen and oxygen atoms in total. The van der Waals surface area contributed by atoms with Crippen molar-refractivity contribution < 1.29 is 19.5 Å². The number of rotatable bonds is 8. The lowest BCUT2D eigenvalue weighted by Crippen LogP contribution is -2.57. The Balaban J connectivity index is 0.961. The van der Waals surface area contributed by atoms with Crippen molar-refractivity contribution in [2.75, 3.05) is 51.1 Å². The predicted molar refractivity (Wildman–Crippen MR) is 196 cm³/mol. The standard InChI is InChI=1S/C37H48Br2N6O4/c38-30-19-25(20-31(39)34(30)46)21-33(35(47)43-15-9-27(10-16-43)26-7-13-42(14-8-26)22-24-5-6-24)41-36(48)44-17-11-29(12-18-44)45-23-28-3-1-2-4-32(28)40-37(45)49/h1-4,19-20,24,26-27,29,33,46H,5-18,21-23H2,(H,40,49)(H,41,48)/t33-/m0/s1. The zero-order valence-corrected chi connectivity index (χ0v) is 31.3. The lowest BCUT2D eigenvalue weighted by atomic mass is 9.78. The summed E-state index contributed by atoms with van der Waals surface area (Å²) in [6.45, 7) is 6.70. The smallest absolute Gasteiger partial charge is 0.322 e. The van der Waals surface area contributed by atoms with Gasteiger partial charge in [0, 0.05) is 57.4 Å². The van der Waals surface area contributed by atoms with Crippen molar-refractivity contribution in [1.82, 2.24) is 24.9 Å². The van der Waals surface area contributed by atoms with E-state index in [9.17, 15) is 19.5 Å². The van der Waals surface area contributed by atoms with Crippen LogP contribution in [0.1, 0.15) is 62.5 Å². The molecule has 2 aromatic rings. The number of halogens is 2. The molecule has 0 bridgehead atoms. The normalized spacial score (nSPS) is 22.1. The van der Waals surface area contributed by atoms with E-state index >= 15 is 0 Å². The number of likely N-dealkylation sites (tertiary alicyclic amines) is 3. The van der Waals surface area contributed by atoms with E-state index in [1.54, 1.807) is 4.90 Å². The van der Waals surface area contributed by atoms with E-state index in [-0.39, 0.29) is 29.8 Å². The largest absolute Gasteiger partial charge is 0.506 e. The zero-order chi connectivity index (χ0) is 34.1. The maximum atomic E-state index is 14.1. The van der Waals surface area contributed by atoms with Crippen LogP contribution in [0.15, 0.2) is 45.3 Å². The van der Waals surface area contributed by atoms with Crippen molar-refractivity contribution in [2.45, 2.75) is 76.4 Å². The molecule has 3 N–H and O–H groups in total. The minimum atomic E-state index is -0.736. The second-order valence-electron chi connectivity index (χ2n) is 14.8. The van der Waals surface area contributed by atoms with Gasteiger partial charge in [-0.1, -0.05) is 18.2 Å². The highest BCUT2D eigenvalue weighted by atomic mass is 79.9. The highest BCUT2D eigenvalue weighted by molar-refractivity contribution is 9.11. The Hall–Kier alpha value is -2.83. The molecule has 4 fully saturated rings. The molecule has 0 unspecified atom stereocenters. The van der Waals surface area contributed by atoms with Crippen LogP contribution < -0.4 is 10.6 Å². The van der Waals surface area contributed by atoms with Crippen LogP contribution >= 0.6 is 31.9 Å². The third kappa shape index (κ3) is 8.22. The van der Waals surface area contributed by atoms with E-state index in [1.165, 1.54) is 45.3 Å². The molecule has 2 aromatic carbocycles. The molecule has 4 heterocycles. The number of phenols is 1. The topological polar surface area (TPSA) is 108 Å². The van der Waals surface area contributed by atoms with Gasteiger partial charge >= 0.3 is 12.1 Å². The van der Waals surface area contributed by atoms with Gasteiger partial charge in [-0.25, -0.2) is 9.59 Å². The van der Waals surface area contributed by atoms with Gasteiger partial charge in [-0.05, 0) is 143 Å². The van der Waals surface area contributed by atoms with Gasteiger partial charge in [0.2, 0.25) is 5.91 Å². The first-order chi connectivity index (χ1) is 23.7. The van der Waals surface area contributed by atoms with Crippen LogP contribution in [0.3, 0.4) is 0 Å². The number of benzene rings is 2. The van der Waals surface area contributed by atoms with Crippen molar-refractivity contribution in [3.63, 3.8) is 0 Å². The molecule has 1 saturated carbocycles. The average molecular weight is 801 g/mol. The van der Waals surface area contributed by atoms with Gasteiger partial charge in [-0.3, -0.25) is 4.79 Å². The number of carbonyl (C=O) groups excluding carboxylic acids is 3. The number of hydrogen-bond donors (Lipinski definition) is 3. The summed E-state index contributed by atoms with van der Waals surface area (Å²) in [6, 6.07) is 10.4. The van der Waals surface area contributed by atoms with Crippen molar-refractivity contribution >= 4 is 55.5 Å². The first kappa shape index (κ1) is 34.6. The molecule has 0 radical (unpaired) electrons. The monoisotopic (exact) mass is 798 g/mol. The minimum Gasteiger partial charge on any atom is -0.506 e. The van der Waals surface area contributed by atoms with Gasteiger partial charge in [0.1, 0.15) is 11.8 Å². The zero-order valence-electron chi connectivity index (χ0n) is 28.1. The first-order valence-corrected chi connectivity index (χ1v) is 19.7. The molecule has 5 aliphatic rings. The van der Waals surface area contributed by atoms with Gasteiger partial charge in [0.05, 0.1) is 8.95 Å². The molecular weight excluding hydrogens is 752 g/mol. The molecule has 1 atom stereocenters. The summed E-state index contributed by atoms with van der Waals surface area (Å²) in [5.41, 5.74) is 2.78. The van der Waals surface area contributed by atoms with E-state index < -0.39 is 6.04 Å². The summed E-state index contributed by atoms with van der Waals surface area (Å²) in [4.78, 5) is 49.0. The molecule has 12 heteroatoms. The van der Waals surface area contributed by atoms with Gasteiger partial charge in [0.15, 0.2) is 0 Å². The third-order valence-corrected chi connectivity index (χ3v) is 12.7. The van der Waals surface area contributed by atoms with E-state index in [0.29, 0.717) is 66.8 Å². The Morgan fingerprint density at radius 2 is 1.47 bits per heavy atom. The summed E-state index contributed by atoms with van der Waals surface area (Å²) in [7, 11) is 0. The number of anilines is 1. The number of fused-ring (bicyclic) bond motifs is 1. The van der Waals surface area contributed by atoms with Crippen LogP contribution in [0.5, 0.6) is 5.75 Å². The van der Waals surface area contributed by atoms with Gasteiger partial charge in [-0.15, -0.1) is 0 Å². The number of piperidine rings is 3. The number of amides is 5. The van der Waals surface area contributed by atoms with Gasteiger partial charge < -0.3 is 35.3 Å². The highest BCUT2D eigenvalue weighted by Crippen LogP contribution is 2.36. The maximum Gasteiger partial charge on any atom is 0.322 e. The Morgan fingerprint density at radius 1 is 0.857 bits per heavy atom. The average Bonchev–Trinajstić information content (AvgIpc) is 3.94. The maximum absolute atomic E-state index is 14.1. The van der Waals surface area contributed by atoms with E-state index in [2.05, 4.69) is 47.4 Å². The van der Waals surface area contributed by atoms with Crippen LogP contribution in [0, 0.1) is 17.8 Å². The number of aromatic hydroxyl groups is 1. The predicted octanol–water partition coefficient (Wildman–Crippen LogP) is 6.41. The highest BCUT2D eigenvalue weighted by Gasteiger charge is 2.37. The lowest BCUT2D eigenvalue weighted by molar-refractivity contribution is -0.135. The number of urea groups is 2. The summed E-state index contributed by atoms with van der Waals surface area (Å²) >= 11 is 6.84. The molecule has 0 aromatic heterocycles. The SMILES string of the molecule is O=C(N[C@@H](Cc1cc(Br)c(O)c(Br)c1)C(=O)N1CCC(C2CCN(CC3CC3)CC2)CC1)N1CCC(N2Cc3ccccc3NC2=O)CC1. The Bertz CT molecular complexity index is 1510. The molecule has 49 heavy (non-hydrogen) atoms. The quantitative estimate of drug-likeness (QED) is 0.286. The summed E-state index contributed by atoms with van der Waals surface area (Å²) in [6.07, 6.45) is 9.02. The molecule has 7 rings (SSSR count). The summed E-state index contributed by atoms with van der Waals surface area (Å²) in [5.74, 6) is 2.38. The molecule has 4 aliphatic heterocycles. The summed E-state index contributed by atoms with van der Waals surface area (Å²) < 4.78 is 1.06. The van der Waals surface area contributed by atoms with Crippen molar-refractivity contribution in [2.24, 2.45) is 17.8 Å². The van der Waals surface area contributed by atoms with E-state index in [1.807, 2.05) is 46.2 Å². The summed E-state index contributed by atoms with van der Waals surface area (Å²) in [5, 5.41) is 16.4. The van der Waals surface area contributed by atoms with Crippen LogP contribution in [0.25, 0.3) is 0 Å². The van der Waals surface area contributed by atoms with Crippen molar-refractivity contribution in [1.29, 1.82) is 0 Å². The fraction of sp³-hybridized carbons (Fsp3) is 0.595. The molecule has 3 saturated heterocycles. The Labute approximate surface area is 306 Å². The molecular formula is C37H48Br2N6O4. The molecule has 5 amide bonds. The minimum absolute atomic E-state index is 0.0354. The van der Waals surface area contributed by atoms with Gasteiger partial charge in [0.25, 0.3) is 0 Å². The molecule has 1 aliphatic carbocycles. The van der Waals surface area contributed by atoms with Crippen molar-refractivity contribution in [3.8, 4) is 5.75 Å². The molecule has 264 valence electrons. The second kappa shape index (κ2) is 15.2. The van der Waals surface area contributed by atoms with E-state index in [0.717, 1.165) is 41.5 Å². The molecule has 0 spiro atoms. The van der Waals surface area contributed by atoms with E-state index in [4.69, 9.17) is 0 Å². The third-order valence-electron chi connectivity index (χ3n) is 11.5. The number of phenolic OH excluding ortho intramolecular Hbond substituents is 1. The first-order valence-electron chi connectivity index (χ1n) is 18.1.